The highest BCUT2D eigenvalue weighted by molar-refractivity contribution is 7.98. The van der Waals surface area contributed by atoms with E-state index in [1.807, 2.05) is 24.3 Å². The minimum absolute atomic E-state index is 0.367. The lowest BCUT2D eigenvalue weighted by atomic mass is 10.2. The average Bonchev–Trinajstić information content (AvgIpc) is 2.68. The van der Waals surface area contributed by atoms with Gasteiger partial charge in [0.1, 0.15) is 16.2 Å². The van der Waals surface area contributed by atoms with E-state index >= 15 is 0 Å². The summed E-state index contributed by atoms with van der Waals surface area (Å²) in [6, 6.07) is 7.57. The van der Waals surface area contributed by atoms with Crippen LogP contribution in [0.5, 0.6) is 0 Å². The fourth-order valence-corrected chi connectivity index (χ4v) is 3.87. The lowest BCUT2D eigenvalue weighted by molar-refractivity contribution is 0.690. The highest BCUT2D eigenvalue weighted by Crippen LogP contribution is 2.26. The summed E-state index contributed by atoms with van der Waals surface area (Å²) in [6.45, 7) is 2.10. The molecule has 0 unspecified atom stereocenters. The van der Waals surface area contributed by atoms with E-state index < -0.39 is 0 Å². The molecule has 0 aliphatic rings. The quantitative estimate of drug-likeness (QED) is 0.465. The Morgan fingerprint density at radius 3 is 2.44 bits per heavy atom. The summed E-state index contributed by atoms with van der Waals surface area (Å²) in [6.07, 6.45) is 2.68. The van der Waals surface area contributed by atoms with Crippen LogP contribution in [0, 0.1) is 0 Å². The number of nitrogens with zero attached hydrogens (tertiary/aromatic N) is 4. The number of benzene rings is 1. The van der Waals surface area contributed by atoms with Crippen LogP contribution in [-0.4, -0.2) is 19.1 Å². The van der Waals surface area contributed by atoms with Gasteiger partial charge in [-0.2, -0.15) is 0 Å². The summed E-state index contributed by atoms with van der Waals surface area (Å²) in [5, 5.41) is 1.68. The standard InChI is InChI=1S/C19H21ClN4O2S/c1-4-5-6-14-21-16-15(18(25)24(3)19(26)23(16)2)17(22-14)27-11-12-7-9-13(20)10-8-12/h7-10H,4-6,11H2,1-3H3. The van der Waals surface area contributed by atoms with Crippen molar-refractivity contribution in [1.82, 2.24) is 19.1 Å². The summed E-state index contributed by atoms with van der Waals surface area (Å²) >= 11 is 7.41. The first kappa shape index (κ1) is 19.6. The van der Waals surface area contributed by atoms with Gasteiger partial charge >= 0.3 is 5.69 Å². The van der Waals surface area contributed by atoms with E-state index in [0.29, 0.717) is 39.1 Å². The van der Waals surface area contributed by atoms with Crippen LogP contribution in [-0.2, 0) is 26.3 Å². The summed E-state index contributed by atoms with van der Waals surface area (Å²) in [5.41, 5.74) is 0.714. The Hall–Kier alpha value is -2.12. The van der Waals surface area contributed by atoms with Crippen LogP contribution >= 0.6 is 23.4 Å². The zero-order valence-corrected chi connectivity index (χ0v) is 17.1. The zero-order chi connectivity index (χ0) is 19.6. The molecule has 3 rings (SSSR count). The molecule has 0 fully saturated rings. The largest absolute Gasteiger partial charge is 0.332 e. The molecule has 0 atom stereocenters. The number of aromatic nitrogens is 4. The van der Waals surface area contributed by atoms with E-state index in [2.05, 4.69) is 16.9 Å². The van der Waals surface area contributed by atoms with Crippen LogP contribution in [0.25, 0.3) is 11.0 Å². The maximum atomic E-state index is 12.7. The van der Waals surface area contributed by atoms with Gasteiger partial charge in [0.15, 0.2) is 5.65 Å². The van der Waals surface area contributed by atoms with Crippen molar-refractivity contribution in [2.24, 2.45) is 14.1 Å². The second-order valence-electron chi connectivity index (χ2n) is 6.37. The lowest BCUT2D eigenvalue weighted by Gasteiger charge is -2.12. The molecule has 3 aromatic rings. The van der Waals surface area contributed by atoms with Gasteiger partial charge in [-0.15, -0.1) is 11.8 Å². The molecule has 0 saturated heterocycles. The second-order valence-corrected chi connectivity index (χ2v) is 7.77. The van der Waals surface area contributed by atoms with E-state index in [0.717, 1.165) is 23.0 Å². The molecule has 27 heavy (non-hydrogen) atoms. The molecule has 0 N–H and O–H groups in total. The molecule has 0 aliphatic carbocycles. The summed E-state index contributed by atoms with van der Waals surface area (Å²) in [5.74, 6) is 1.30. The number of hydrogen-bond donors (Lipinski definition) is 0. The molecule has 0 radical (unpaired) electrons. The van der Waals surface area contributed by atoms with Crippen molar-refractivity contribution in [3.63, 3.8) is 0 Å². The molecular formula is C19H21ClN4O2S. The number of halogens is 1. The zero-order valence-electron chi connectivity index (χ0n) is 15.5. The molecule has 0 amide bonds. The van der Waals surface area contributed by atoms with E-state index in [1.54, 1.807) is 7.05 Å². The molecule has 2 aromatic heterocycles. The Labute approximate surface area is 166 Å². The topological polar surface area (TPSA) is 69.8 Å². The smallest absolute Gasteiger partial charge is 0.280 e. The summed E-state index contributed by atoms with van der Waals surface area (Å²) in [4.78, 5) is 34.2. The van der Waals surface area contributed by atoms with Crippen LogP contribution in [0.2, 0.25) is 5.02 Å². The lowest BCUT2D eigenvalue weighted by Crippen LogP contribution is -2.37. The predicted molar refractivity (Wildman–Crippen MR) is 110 cm³/mol. The highest BCUT2D eigenvalue weighted by Gasteiger charge is 2.17. The van der Waals surface area contributed by atoms with Gasteiger partial charge in [-0.05, 0) is 24.1 Å². The number of hydrogen-bond acceptors (Lipinski definition) is 5. The summed E-state index contributed by atoms with van der Waals surface area (Å²) < 4.78 is 2.52. The fourth-order valence-electron chi connectivity index (χ4n) is 2.76. The van der Waals surface area contributed by atoms with Gasteiger partial charge in [0.05, 0.1) is 0 Å². The number of rotatable bonds is 6. The van der Waals surface area contributed by atoms with Gasteiger partial charge in [0.25, 0.3) is 5.56 Å². The minimum atomic E-state index is -0.388. The van der Waals surface area contributed by atoms with E-state index in [9.17, 15) is 9.59 Å². The molecule has 0 bridgehead atoms. The third-order valence-electron chi connectivity index (χ3n) is 4.36. The summed E-state index contributed by atoms with van der Waals surface area (Å²) in [7, 11) is 3.11. The highest BCUT2D eigenvalue weighted by atomic mass is 35.5. The van der Waals surface area contributed by atoms with Crippen molar-refractivity contribution in [2.45, 2.75) is 37.0 Å². The average molecular weight is 405 g/mol. The molecule has 0 spiro atoms. The number of fused-ring (bicyclic) bond motifs is 1. The maximum absolute atomic E-state index is 12.7. The Bertz CT molecular complexity index is 1090. The van der Waals surface area contributed by atoms with Crippen molar-refractivity contribution in [3.05, 3.63) is 61.5 Å². The Kier molecular flexibility index (Phi) is 6.01. The first-order valence-electron chi connectivity index (χ1n) is 8.76. The van der Waals surface area contributed by atoms with E-state index in [-0.39, 0.29) is 11.2 Å². The van der Waals surface area contributed by atoms with Crippen LogP contribution in [0.4, 0.5) is 0 Å². The van der Waals surface area contributed by atoms with Crippen LogP contribution in [0.15, 0.2) is 38.9 Å². The fraction of sp³-hybridized carbons (Fsp3) is 0.368. The van der Waals surface area contributed by atoms with Gasteiger partial charge in [-0.1, -0.05) is 37.1 Å². The molecule has 1 aromatic carbocycles. The van der Waals surface area contributed by atoms with Crippen molar-refractivity contribution in [1.29, 1.82) is 0 Å². The van der Waals surface area contributed by atoms with Crippen molar-refractivity contribution >= 4 is 34.4 Å². The Morgan fingerprint density at radius 2 is 1.78 bits per heavy atom. The third kappa shape index (κ3) is 4.09. The normalized spacial score (nSPS) is 11.3. The van der Waals surface area contributed by atoms with Crippen LogP contribution in [0.3, 0.4) is 0 Å². The first-order chi connectivity index (χ1) is 12.9. The molecule has 142 valence electrons. The first-order valence-corrected chi connectivity index (χ1v) is 10.1. The van der Waals surface area contributed by atoms with Crippen LogP contribution in [0.1, 0.15) is 31.2 Å². The second kappa shape index (κ2) is 8.27. The molecule has 6 nitrogen and oxygen atoms in total. The SMILES string of the molecule is CCCCc1nc(SCc2ccc(Cl)cc2)c2c(=O)n(C)c(=O)n(C)c2n1. The predicted octanol–water partition coefficient (Wildman–Crippen LogP) is 3.32. The van der Waals surface area contributed by atoms with E-state index in [1.165, 1.54) is 23.4 Å². The molecule has 2 heterocycles. The van der Waals surface area contributed by atoms with Gasteiger partial charge in [0, 0.05) is 31.3 Å². The number of thioether (sulfide) groups is 1. The monoisotopic (exact) mass is 404 g/mol. The molecule has 0 saturated carbocycles. The Balaban J connectivity index is 2.11. The van der Waals surface area contributed by atoms with Crippen molar-refractivity contribution in [2.75, 3.05) is 0 Å². The minimum Gasteiger partial charge on any atom is -0.280 e. The van der Waals surface area contributed by atoms with Crippen molar-refractivity contribution in [3.8, 4) is 0 Å². The van der Waals surface area contributed by atoms with Gasteiger partial charge in [-0.25, -0.2) is 14.8 Å². The van der Waals surface area contributed by atoms with Gasteiger partial charge in [0.2, 0.25) is 0 Å². The van der Waals surface area contributed by atoms with Gasteiger partial charge in [-0.3, -0.25) is 13.9 Å². The van der Waals surface area contributed by atoms with Crippen molar-refractivity contribution < 1.29 is 0 Å². The van der Waals surface area contributed by atoms with Crippen LogP contribution < -0.4 is 11.2 Å². The molecule has 0 aliphatic heterocycles. The number of aryl methyl sites for hydroxylation is 2. The molecular weight excluding hydrogens is 384 g/mol. The van der Waals surface area contributed by atoms with Gasteiger partial charge < -0.3 is 0 Å². The third-order valence-corrected chi connectivity index (χ3v) is 5.65. The molecule has 8 heteroatoms. The number of unbranched alkanes of at least 4 members (excludes halogenated alkanes) is 1. The van der Waals surface area contributed by atoms with E-state index in [4.69, 9.17) is 11.6 Å². The Morgan fingerprint density at radius 1 is 1.07 bits per heavy atom. The maximum Gasteiger partial charge on any atom is 0.332 e.